The second-order valence-electron chi connectivity index (χ2n) is 5.75. The molecule has 2 N–H and O–H groups in total. The highest BCUT2D eigenvalue weighted by molar-refractivity contribution is 7.08. The smallest absolute Gasteiger partial charge is 0.348 e. The van der Waals surface area contributed by atoms with Crippen LogP contribution in [0.3, 0.4) is 0 Å². The molecule has 0 bridgehead atoms. The molecule has 3 aromatic heterocycles. The Morgan fingerprint density at radius 2 is 2.16 bits per heavy atom. The zero-order chi connectivity index (χ0) is 17.6. The summed E-state index contributed by atoms with van der Waals surface area (Å²) in [7, 11) is 1.71. The number of aromatic amines is 1. The fourth-order valence-corrected chi connectivity index (χ4v) is 3.65. The Kier molecular flexibility index (Phi) is 3.54. The van der Waals surface area contributed by atoms with Gasteiger partial charge in [0, 0.05) is 18.5 Å². The molecule has 126 valence electrons. The number of rotatable bonds is 4. The fraction of sp³-hybridized carbons (Fsp3) is 0.118. The van der Waals surface area contributed by atoms with Gasteiger partial charge in [0.2, 0.25) is 0 Å². The van der Waals surface area contributed by atoms with Crippen molar-refractivity contribution in [3.63, 3.8) is 0 Å². The first kappa shape index (κ1) is 15.4. The van der Waals surface area contributed by atoms with E-state index in [1.807, 2.05) is 35.0 Å². The highest BCUT2D eigenvalue weighted by Crippen LogP contribution is 2.31. The van der Waals surface area contributed by atoms with Crippen molar-refractivity contribution in [1.29, 1.82) is 0 Å². The predicted octanol–water partition coefficient (Wildman–Crippen LogP) is 2.43. The fourth-order valence-electron chi connectivity index (χ4n) is 2.98. The minimum Gasteiger partial charge on any atom is -0.480 e. The van der Waals surface area contributed by atoms with Gasteiger partial charge >= 0.3 is 11.7 Å². The molecule has 0 spiro atoms. The van der Waals surface area contributed by atoms with Gasteiger partial charge in [-0.15, -0.1) is 0 Å². The lowest BCUT2D eigenvalue weighted by molar-refractivity contribution is -0.135. The molecule has 0 saturated heterocycles. The summed E-state index contributed by atoms with van der Waals surface area (Å²) in [4.78, 5) is 24.9. The first-order chi connectivity index (χ1) is 12.0. The third kappa shape index (κ3) is 2.56. The number of H-pyrrole nitrogens is 1. The van der Waals surface area contributed by atoms with E-state index in [2.05, 4.69) is 10.2 Å². The number of nitrogens with one attached hydrogen (secondary N) is 1. The monoisotopic (exact) mass is 354 g/mol. The molecule has 7 nitrogen and oxygen atoms in total. The summed E-state index contributed by atoms with van der Waals surface area (Å²) in [5, 5.41) is 20.4. The topological polar surface area (TPSA) is 90.7 Å². The van der Waals surface area contributed by atoms with Crippen LogP contribution in [0.1, 0.15) is 0 Å². The molecule has 25 heavy (non-hydrogen) atoms. The van der Waals surface area contributed by atoms with E-state index < -0.39 is 5.97 Å². The summed E-state index contributed by atoms with van der Waals surface area (Å²) in [6, 6.07) is 9.54. The molecule has 0 radical (unpaired) electrons. The van der Waals surface area contributed by atoms with Crippen LogP contribution in [0.2, 0.25) is 0 Å². The highest BCUT2D eigenvalue weighted by atomic mass is 32.1. The van der Waals surface area contributed by atoms with E-state index in [0.29, 0.717) is 16.9 Å². The molecule has 0 fully saturated rings. The molecule has 4 aromatic rings. The molecule has 0 aliphatic rings. The van der Waals surface area contributed by atoms with E-state index in [9.17, 15) is 9.59 Å². The van der Waals surface area contributed by atoms with Crippen LogP contribution >= 0.6 is 11.3 Å². The number of aromatic nitrogens is 3. The SMILES string of the molecule is CN(CC(=O)O)c1cc2n[nH]c(=O)n2c2cc(-c3ccsc3)ccc12. The quantitative estimate of drug-likeness (QED) is 0.587. The number of carboxylic acid groups (broad SMARTS) is 1. The van der Waals surface area contributed by atoms with Gasteiger partial charge in [0.25, 0.3) is 0 Å². The average Bonchev–Trinajstić information content (AvgIpc) is 3.23. The number of benzene rings is 1. The Labute approximate surface area is 145 Å². The number of fused-ring (bicyclic) bond motifs is 3. The van der Waals surface area contributed by atoms with Crippen molar-refractivity contribution >= 4 is 39.5 Å². The lowest BCUT2D eigenvalue weighted by Gasteiger charge is -2.19. The van der Waals surface area contributed by atoms with Crippen molar-refractivity contribution in [2.45, 2.75) is 0 Å². The second kappa shape index (κ2) is 5.75. The molecule has 0 aliphatic carbocycles. The average molecular weight is 354 g/mol. The minimum absolute atomic E-state index is 0.147. The van der Waals surface area contributed by atoms with Gasteiger partial charge in [-0.3, -0.25) is 4.79 Å². The maximum Gasteiger partial charge on any atom is 0.348 e. The lowest BCUT2D eigenvalue weighted by atomic mass is 10.0. The predicted molar refractivity (Wildman–Crippen MR) is 97.5 cm³/mol. The van der Waals surface area contributed by atoms with Gasteiger partial charge in [0.05, 0.1) is 11.2 Å². The molecule has 1 aromatic carbocycles. The van der Waals surface area contributed by atoms with E-state index in [0.717, 1.165) is 16.5 Å². The number of carbonyl (C=O) groups is 1. The summed E-state index contributed by atoms with van der Waals surface area (Å²) >= 11 is 1.60. The zero-order valence-electron chi connectivity index (χ0n) is 13.3. The first-order valence-corrected chi connectivity index (χ1v) is 8.48. The van der Waals surface area contributed by atoms with Crippen LogP contribution in [0, 0.1) is 0 Å². The van der Waals surface area contributed by atoms with E-state index in [1.54, 1.807) is 29.4 Å². The lowest BCUT2D eigenvalue weighted by Crippen LogP contribution is -2.25. The molecule has 3 heterocycles. The number of pyridine rings is 1. The molecule has 0 saturated carbocycles. The summed E-state index contributed by atoms with van der Waals surface area (Å²) < 4.78 is 1.50. The Morgan fingerprint density at radius 1 is 1.32 bits per heavy atom. The second-order valence-corrected chi connectivity index (χ2v) is 6.53. The van der Waals surface area contributed by atoms with Crippen LogP contribution < -0.4 is 10.6 Å². The maximum atomic E-state index is 12.2. The van der Waals surface area contributed by atoms with Gasteiger partial charge < -0.3 is 10.0 Å². The van der Waals surface area contributed by atoms with Crippen molar-refractivity contribution in [3.8, 4) is 11.1 Å². The number of hydrogen-bond acceptors (Lipinski definition) is 5. The Balaban J connectivity index is 2.03. The van der Waals surface area contributed by atoms with Crippen LogP contribution in [0.4, 0.5) is 5.69 Å². The number of anilines is 1. The molecule has 0 unspecified atom stereocenters. The molecule has 0 aliphatic heterocycles. The first-order valence-electron chi connectivity index (χ1n) is 7.54. The van der Waals surface area contributed by atoms with Crippen LogP contribution in [-0.2, 0) is 4.79 Å². The molecule has 4 rings (SSSR count). The van der Waals surface area contributed by atoms with E-state index in [-0.39, 0.29) is 12.2 Å². The standard InChI is InChI=1S/C17H14N4O3S/c1-20(8-16(22)23)13-7-15-18-19-17(24)21(15)14-6-10(2-3-12(13)14)11-4-5-25-9-11/h2-7,9H,8H2,1H3,(H,19,24)(H,22,23). The zero-order valence-corrected chi connectivity index (χ0v) is 14.1. The van der Waals surface area contributed by atoms with Crippen LogP contribution in [0.25, 0.3) is 27.7 Å². The van der Waals surface area contributed by atoms with E-state index in [4.69, 9.17) is 5.11 Å². The Hall–Kier alpha value is -3.13. The molecule has 0 atom stereocenters. The Morgan fingerprint density at radius 3 is 2.88 bits per heavy atom. The van der Waals surface area contributed by atoms with Crippen LogP contribution in [0.15, 0.2) is 45.9 Å². The number of nitrogens with zero attached hydrogens (tertiary/aromatic N) is 3. The van der Waals surface area contributed by atoms with Crippen LogP contribution in [0.5, 0.6) is 0 Å². The van der Waals surface area contributed by atoms with E-state index >= 15 is 0 Å². The van der Waals surface area contributed by atoms with Crippen molar-refractivity contribution in [3.05, 3.63) is 51.6 Å². The molecule has 0 amide bonds. The van der Waals surface area contributed by atoms with Crippen molar-refractivity contribution in [2.24, 2.45) is 0 Å². The normalized spacial score (nSPS) is 11.2. The summed E-state index contributed by atoms with van der Waals surface area (Å²) in [6.45, 7) is -0.147. The van der Waals surface area contributed by atoms with Gasteiger partial charge in [-0.2, -0.15) is 16.4 Å². The molecular formula is C17H14N4O3S. The van der Waals surface area contributed by atoms with Crippen molar-refractivity contribution < 1.29 is 9.90 Å². The van der Waals surface area contributed by atoms with Gasteiger partial charge in [-0.05, 0) is 34.0 Å². The van der Waals surface area contributed by atoms with Gasteiger partial charge in [0.15, 0.2) is 5.65 Å². The highest BCUT2D eigenvalue weighted by Gasteiger charge is 2.15. The maximum absolute atomic E-state index is 12.2. The molecular weight excluding hydrogens is 340 g/mol. The van der Waals surface area contributed by atoms with Gasteiger partial charge in [0.1, 0.15) is 6.54 Å². The summed E-state index contributed by atoms with van der Waals surface area (Å²) in [6.07, 6.45) is 0. The number of carboxylic acids is 1. The van der Waals surface area contributed by atoms with Crippen molar-refractivity contribution in [2.75, 3.05) is 18.5 Å². The number of likely N-dealkylation sites (N-methyl/N-ethyl adjacent to an activating group) is 1. The largest absolute Gasteiger partial charge is 0.480 e. The van der Waals surface area contributed by atoms with Crippen LogP contribution in [-0.4, -0.2) is 39.3 Å². The van der Waals surface area contributed by atoms with Gasteiger partial charge in [-0.1, -0.05) is 12.1 Å². The third-order valence-electron chi connectivity index (χ3n) is 4.12. The third-order valence-corrected chi connectivity index (χ3v) is 4.80. The van der Waals surface area contributed by atoms with Crippen molar-refractivity contribution in [1.82, 2.24) is 14.6 Å². The number of aliphatic carboxylic acids is 1. The summed E-state index contributed by atoms with van der Waals surface area (Å²) in [5.74, 6) is -0.926. The molecule has 8 heteroatoms. The van der Waals surface area contributed by atoms with Gasteiger partial charge in [-0.25, -0.2) is 14.3 Å². The Bertz CT molecular complexity index is 1140. The number of hydrogen-bond donors (Lipinski definition) is 2. The summed E-state index contributed by atoms with van der Waals surface area (Å²) in [5.41, 5.74) is 3.58. The van der Waals surface area contributed by atoms with E-state index in [1.165, 1.54) is 4.40 Å². The number of thiophene rings is 1. The minimum atomic E-state index is -0.926.